The largest absolute Gasteiger partial charge is 0.356 e. The summed E-state index contributed by atoms with van der Waals surface area (Å²) >= 11 is 2.04. The van der Waals surface area contributed by atoms with Crippen LogP contribution in [0.4, 0.5) is 5.82 Å². The summed E-state index contributed by atoms with van der Waals surface area (Å²) in [5.74, 6) is 3.65. The third-order valence-electron chi connectivity index (χ3n) is 3.28. The second-order valence-electron chi connectivity index (χ2n) is 4.64. The van der Waals surface area contributed by atoms with E-state index in [1.807, 2.05) is 25.0 Å². The van der Waals surface area contributed by atoms with E-state index < -0.39 is 0 Å². The lowest BCUT2D eigenvalue weighted by Gasteiger charge is -2.26. The molecule has 0 aromatic carbocycles. The van der Waals surface area contributed by atoms with Crippen molar-refractivity contribution >= 4 is 17.6 Å². The molecule has 0 aliphatic carbocycles. The van der Waals surface area contributed by atoms with E-state index in [4.69, 9.17) is 0 Å². The Balaban J connectivity index is 2.14. The predicted molar refractivity (Wildman–Crippen MR) is 75.9 cm³/mol. The van der Waals surface area contributed by atoms with Crippen molar-refractivity contribution in [2.75, 3.05) is 30.5 Å². The number of aromatic nitrogens is 1. The molecule has 4 heteroatoms. The van der Waals surface area contributed by atoms with Gasteiger partial charge < -0.3 is 10.2 Å². The highest BCUT2D eigenvalue weighted by molar-refractivity contribution is 7.99. The second kappa shape index (κ2) is 5.74. The summed E-state index contributed by atoms with van der Waals surface area (Å²) < 4.78 is 0. The van der Waals surface area contributed by atoms with Crippen LogP contribution >= 0.6 is 11.8 Å². The SMILES string of the molecule is CNCc1cnc(N(C)C2CCSC2)c(C)c1. The predicted octanol–water partition coefficient (Wildman–Crippen LogP) is 2.05. The van der Waals surface area contributed by atoms with E-state index in [0.29, 0.717) is 6.04 Å². The summed E-state index contributed by atoms with van der Waals surface area (Å²) in [7, 11) is 4.13. The molecule has 3 nitrogen and oxygen atoms in total. The monoisotopic (exact) mass is 251 g/mol. The van der Waals surface area contributed by atoms with E-state index in [1.54, 1.807) is 0 Å². The standard InChI is InChI=1S/C13H21N3S/c1-10-6-11(7-14-2)8-15-13(10)16(3)12-4-5-17-9-12/h6,8,12,14H,4-5,7,9H2,1-3H3. The molecule has 1 aliphatic heterocycles. The van der Waals surface area contributed by atoms with Crippen molar-refractivity contribution in [3.05, 3.63) is 23.4 Å². The highest BCUT2D eigenvalue weighted by Crippen LogP contribution is 2.26. The van der Waals surface area contributed by atoms with Crippen LogP contribution in [-0.4, -0.2) is 36.6 Å². The molecule has 1 fully saturated rings. The fourth-order valence-electron chi connectivity index (χ4n) is 2.30. The van der Waals surface area contributed by atoms with Gasteiger partial charge in [-0.2, -0.15) is 11.8 Å². The topological polar surface area (TPSA) is 28.2 Å². The number of anilines is 1. The van der Waals surface area contributed by atoms with Gasteiger partial charge in [0, 0.05) is 31.6 Å². The van der Waals surface area contributed by atoms with Gasteiger partial charge in [-0.15, -0.1) is 0 Å². The molecule has 1 atom stereocenters. The number of aryl methyl sites for hydroxylation is 1. The van der Waals surface area contributed by atoms with E-state index in [1.165, 1.54) is 29.1 Å². The van der Waals surface area contributed by atoms with Crippen molar-refractivity contribution < 1.29 is 0 Å². The van der Waals surface area contributed by atoms with Crippen LogP contribution in [0, 0.1) is 6.92 Å². The third-order valence-corrected chi connectivity index (χ3v) is 4.42. The molecular formula is C13H21N3S. The van der Waals surface area contributed by atoms with Crippen LogP contribution in [0.15, 0.2) is 12.3 Å². The average molecular weight is 251 g/mol. The van der Waals surface area contributed by atoms with Crippen molar-refractivity contribution in [3.8, 4) is 0 Å². The zero-order chi connectivity index (χ0) is 12.3. The van der Waals surface area contributed by atoms with Crippen LogP contribution in [0.2, 0.25) is 0 Å². The quantitative estimate of drug-likeness (QED) is 0.886. The summed E-state index contributed by atoms with van der Waals surface area (Å²) in [4.78, 5) is 6.96. The van der Waals surface area contributed by atoms with Crippen molar-refractivity contribution in [2.24, 2.45) is 0 Å². The summed E-state index contributed by atoms with van der Waals surface area (Å²) in [6, 6.07) is 2.89. The summed E-state index contributed by atoms with van der Waals surface area (Å²) in [5.41, 5.74) is 2.53. The molecule has 1 aromatic rings. The first-order chi connectivity index (χ1) is 8.22. The number of hydrogen-bond acceptors (Lipinski definition) is 4. The summed E-state index contributed by atoms with van der Waals surface area (Å²) in [5, 5.41) is 3.16. The minimum Gasteiger partial charge on any atom is -0.356 e. The first kappa shape index (κ1) is 12.7. The molecule has 1 aromatic heterocycles. The zero-order valence-corrected chi connectivity index (χ0v) is 11.7. The maximum atomic E-state index is 4.62. The maximum Gasteiger partial charge on any atom is 0.131 e. The van der Waals surface area contributed by atoms with Gasteiger partial charge in [0.2, 0.25) is 0 Å². The molecule has 1 aliphatic rings. The van der Waals surface area contributed by atoms with Crippen molar-refractivity contribution in [3.63, 3.8) is 0 Å². The highest BCUT2D eigenvalue weighted by atomic mass is 32.2. The molecule has 0 radical (unpaired) electrons. The number of pyridine rings is 1. The molecule has 17 heavy (non-hydrogen) atoms. The van der Waals surface area contributed by atoms with E-state index in [0.717, 1.165) is 12.4 Å². The van der Waals surface area contributed by atoms with Gasteiger partial charge in [0.1, 0.15) is 5.82 Å². The normalized spacial score (nSPS) is 19.6. The lowest BCUT2D eigenvalue weighted by molar-refractivity contribution is 0.688. The average Bonchev–Trinajstić information content (AvgIpc) is 2.82. The Morgan fingerprint density at radius 2 is 2.41 bits per heavy atom. The first-order valence-electron chi connectivity index (χ1n) is 6.13. The van der Waals surface area contributed by atoms with Gasteiger partial charge in [-0.25, -0.2) is 4.98 Å². The minimum atomic E-state index is 0.654. The Bertz CT molecular complexity index is 375. The summed E-state index contributed by atoms with van der Waals surface area (Å²) in [6.07, 6.45) is 3.26. The van der Waals surface area contributed by atoms with Crippen molar-refractivity contribution in [2.45, 2.75) is 25.9 Å². The van der Waals surface area contributed by atoms with E-state index >= 15 is 0 Å². The van der Waals surface area contributed by atoms with Gasteiger partial charge in [-0.05, 0) is 43.3 Å². The van der Waals surface area contributed by atoms with Crippen LogP contribution in [0.25, 0.3) is 0 Å². The Labute approximate surface area is 108 Å². The Morgan fingerprint density at radius 3 is 3.00 bits per heavy atom. The molecular weight excluding hydrogens is 230 g/mol. The summed E-state index contributed by atoms with van der Waals surface area (Å²) in [6.45, 7) is 3.04. The number of nitrogens with one attached hydrogen (secondary N) is 1. The minimum absolute atomic E-state index is 0.654. The second-order valence-corrected chi connectivity index (χ2v) is 5.79. The van der Waals surface area contributed by atoms with Gasteiger partial charge in [-0.1, -0.05) is 0 Å². The van der Waals surface area contributed by atoms with Gasteiger partial charge in [-0.3, -0.25) is 0 Å². The first-order valence-corrected chi connectivity index (χ1v) is 7.28. The van der Waals surface area contributed by atoms with Crippen molar-refractivity contribution in [1.29, 1.82) is 0 Å². The molecule has 1 unspecified atom stereocenters. The van der Waals surface area contributed by atoms with E-state index in [2.05, 4.69) is 35.2 Å². The number of nitrogens with zero attached hydrogens (tertiary/aromatic N) is 2. The number of rotatable bonds is 4. The number of hydrogen-bond donors (Lipinski definition) is 1. The van der Waals surface area contributed by atoms with E-state index in [-0.39, 0.29) is 0 Å². The molecule has 2 heterocycles. The molecule has 1 saturated heterocycles. The molecule has 0 bridgehead atoms. The van der Waals surface area contributed by atoms with Crippen LogP contribution in [-0.2, 0) is 6.54 Å². The van der Waals surface area contributed by atoms with Crippen molar-refractivity contribution in [1.82, 2.24) is 10.3 Å². The lowest BCUT2D eigenvalue weighted by Crippen LogP contribution is -2.32. The zero-order valence-electron chi connectivity index (χ0n) is 10.9. The Kier molecular flexibility index (Phi) is 4.29. The fraction of sp³-hybridized carbons (Fsp3) is 0.615. The molecule has 1 N–H and O–H groups in total. The van der Waals surface area contributed by atoms with Gasteiger partial charge in [0.25, 0.3) is 0 Å². The van der Waals surface area contributed by atoms with Gasteiger partial charge >= 0.3 is 0 Å². The molecule has 0 amide bonds. The molecule has 0 spiro atoms. The van der Waals surface area contributed by atoms with Gasteiger partial charge in [0.05, 0.1) is 0 Å². The Morgan fingerprint density at radius 1 is 1.59 bits per heavy atom. The fourth-order valence-corrected chi connectivity index (χ4v) is 3.56. The van der Waals surface area contributed by atoms with E-state index in [9.17, 15) is 0 Å². The molecule has 94 valence electrons. The van der Waals surface area contributed by atoms with Gasteiger partial charge in [0.15, 0.2) is 0 Å². The number of thioether (sulfide) groups is 1. The smallest absolute Gasteiger partial charge is 0.131 e. The van der Waals surface area contributed by atoms with Crippen LogP contribution < -0.4 is 10.2 Å². The third kappa shape index (κ3) is 2.93. The highest BCUT2D eigenvalue weighted by Gasteiger charge is 2.22. The Hall–Kier alpha value is -0.740. The molecule has 0 saturated carbocycles. The lowest BCUT2D eigenvalue weighted by atomic mass is 10.1. The van der Waals surface area contributed by atoms with Crippen LogP contribution in [0.5, 0.6) is 0 Å². The van der Waals surface area contributed by atoms with Crippen LogP contribution in [0.1, 0.15) is 17.5 Å². The van der Waals surface area contributed by atoms with Crippen LogP contribution in [0.3, 0.4) is 0 Å². The molecule has 2 rings (SSSR count). The maximum absolute atomic E-state index is 4.62.